The summed E-state index contributed by atoms with van der Waals surface area (Å²) in [6.45, 7) is 0. The third-order valence-corrected chi connectivity index (χ3v) is 4.82. The predicted octanol–water partition coefficient (Wildman–Crippen LogP) is 1.68. The number of carbonyl (C=O) groups excluding carboxylic acids is 2. The van der Waals surface area contributed by atoms with Crippen LogP contribution < -0.4 is 11.5 Å². The summed E-state index contributed by atoms with van der Waals surface area (Å²) in [5, 5.41) is 0. The maximum absolute atomic E-state index is 13.0. The molecule has 0 spiro atoms. The van der Waals surface area contributed by atoms with Crippen LogP contribution in [0, 0.1) is 12.3 Å². The zero-order chi connectivity index (χ0) is 22.6. The van der Waals surface area contributed by atoms with Gasteiger partial charge in [-0.15, -0.1) is 12.3 Å². The molecule has 3 rings (SSSR count). The smallest absolute Gasteiger partial charge is 0.337 e. The van der Waals surface area contributed by atoms with E-state index in [0.717, 1.165) is 0 Å². The van der Waals surface area contributed by atoms with Crippen LogP contribution in [0.5, 0.6) is 0 Å². The van der Waals surface area contributed by atoms with Gasteiger partial charge in [-0.05, 0) is 17.7 Å². The van der Waals surface area contributed by atoms with Gasteiger partial charge < -0.3 is 20.9 Å². The van der Waals surface area contributed by atoms with E-state index < -0.39 is 17.4 Å². The Morgan fingerprint density at radius 3 is 2.38 bits per heavy atom. The molecule has 10 nitrogen and oxygen atoms in total. The van der Waals surface area contributed by atoms with E-state index >= 15 is 0 Å². The highest BCUT2D eigenvalue weighted by molar-refractivity contribution is 5.90. The third-order valence-electron chi connectivity index (χ3n) is 4.82. The quantitative estimate of drug-likeness (QED) is 0.430. The van der Waals surface area contributed by atoms with E-state index in [1.54, 1.807) is 24.3 Å². The Kier molecular flexibility index (Phi) is 7.28. The van der Waals surface area contributed by atoms with Crippen molar-refractivity contribution in [3.8, 4) is 12.3 Å². The van der Waals surface area contributed by atoms with Crippen molar-refractivity contribution in [2.45, 2.75) is 25.7 Å². The zero-order valence-corrected chi connectivity index (χ0v) is 17.0. The third kappa shape index (κ3) is 4.41. The van der Waals surface area contributed by atoms with Crippen molar-refractivity contribution in [2.24, 2.45) is 0 Å². The fraction of sp³-hybridized carbons (Fsp3) is 0.273. The van der Waals surface area contributed by atoms with Crippen LogP contribution in [0.2, 0.25) is 0 Å². The number of terminal acetylenes is 1. The van der Waals surface area contributed by atoms with Gasteiger partial charge in [0, 0.05) is 12.8 Å². The first-order chi connectivity index (χ1) is 14.8. The van der Waals surface area contributed by atoms with Crippen LogP contribution >= 0.6 is 0 Å². The largest absolute Gasteiger partial charge is 0.468 e. The number of nitrogens with zero attached hydrogens (tertiary/aromatic N) is 4. The minimum absolute atomic E-state index is 0. The lowest BCUT2D eigenvalue weighted by Gasteiger charge is -2.29. The Hall–Kier alpha value is -4.26. The molecule has 0 radical (unpaired) electrons. The van der Waals surface area contributed by atoms with E-state index in [4.69, 9.17) is 27.4 Å². The lowest BCUT2D eigenvalue weighted by Crippen LogP contribution is -2.39. The summed E-state index contributed by atoms with van der Waals surface area (Å²) in [5.41, 5.74) is 12.0. The van der Waals surface area contributed by atoms with Gasteiger partial charge in [-0.1, -0.05) is 19.6 Å². The number of nitrogen functional groups attached to an aromatic ring is 2. The monoisotopic (exact) mass is 436 g/mol. The highest BCUT2D eigenvalue weighted by atomic mass is 16.5. The van der Waals surface area contributed by atoms with Gasteiger partial charge in [0.1, 0.15) is 5.41 Å². The van der Waals surface area contributed by atoms with E-state index in [1.165, 1.54) is 20.4 Å². The number of aromatic nitrogens is 4. The molecule has 3 aromatic rings. The van der Waals surface area contributed by atoms with Crippen molar-refractivity contribution < 1.29 is 19.1 Å². The van der Waals surface area contributed by atoms with Crippen molar-refractivity contribution >= 4 is 34.9 Å². The van der Waals surface area contributed by atoms with Gasteiger partial charge in [0.25, 0.3) is 0 Å². The molecule has 0 aliphatic rings. The molecule has 1 unspecified atom stereocenters. The molecule has 0 amide bonds. The van der Waals surface area contributed by atoms with Gasteiger partial charge in [0.15, 0.2) is 17.0 Å². The summed E-state index contributed by atoms with van der Waals surface area (Å²) in [7, 11) is 2.56. The molecule has 4 N–H and O–H groups in total. The van der Waals surface area contributed by atoms with Crippen LogP contribution in [-0.4, -0.2) is 46.1 Å². The predicted molar refractivity (Wildman–Crippen MR) is 119 cm³/mol. The topological polar surface area (TPSA) is 156 Å². The Bertz CT molecular complexity index is 1190. The second-order valence-electron chi connectivity index (χ2n) is 6.70. The Morgan fingerprint density at radius 1 is 1.09 bits per heavy atom. The second-order valence-corrected chi connectivity index (χ2v) is 6.70. The number of hydrogen-bond acceptors (Lipinski definition) is 10. The van der Waals surface area contributed by atoms with Crippen LogP contribution in [0.1, 0.15) is 35.5 Å². The summed E-state index contributed by atoms with van der Waals surface area (Å²) in [5.74, 6) is 1.54. The molecule has 2 aromatic heterocycles. The molecule has 10 heteroatoms. The number of benzene rings is 1. The van der Waals surface area contributed by atoms with Crippen LogP contribution in [0.15, 0.2) is 30.5 Å². The highest BCUT2D eigenvalue weighted by Gasteiger charge is 2.42. The number of carbonyl (C=O) groups is 2. The first-order valence-electron chi connectivity index (χ1n) is 9.10. The standard InChI is InChI=1S/C21H20N6O4.CH4/c1-4-9-21(19(29)31-3,13-7-5-12(6-8-13)18(28)30-2)10-14-11-24-17-15(25-14)16(22)26-20(23)27-17;/h1,5-8,11H,9-10H2,2-3H3,(H4,22,23,24,26,27);1H4. The fourth-order valence-electron chi connectivity index (χ4n) is 3.32. The Morgan fingerprint density at radius 2 is 1.78 bits per heavy atom. The number of rotatable bonds is 6. The number of anilines is 2. The Balaban J connectivity index is 0.00000363. The average molecular weight is 436 g/mol. The normalized spacial score (nSPS) is 12.2. The van der Waals surface area contributed by atoms with Crippen LogP contribution in [-0.2, 0) is 26.1 Å². The summed E-state index contributed by atoms with van der Waals surface area (Å²) in [4.78, 5) is 41.3. The maximum atomic E-state index is 13.0. The van der Waals surface area contributed by atoms with Gasteiger partial charge in [-0.25, -0.2) is 14.8 Å². The van der Waals surface area contributed by atoms with Crippen molar-refractivity contribution in [3.63, 3.8) is 0 Å². The number of fused-ring (bicyclic) bond motifs is 1. The van der Waals surface area contributed by atoms with E-state index in [0.29, 0.717) is 16.8 Å². The summed E-state index contributed by atoms with van der Waals surface area (Å²) in [6.07, 6.45) is 7.15. The molecular weight excluding hydrogens is 412 g/mol. The van der Waals surface area contributed by atoms with E-state index in [-0.39, 0.29) is 43.2 Å². The van der Waals surface area contributed by atoms with Crippen molar-refractivity contribution in [2.75, 3.05) is 25.7 Å². The van der Waals surface area contributed by atoms with Gasteiger partial charge >= 0.3 is 11.9 Å². The molecule has 0 fully saturated rings. The molecule has 166 valence electrons. The maximum Gasteiger partial charge on any atom is 0.337 e. The lowest BCUT2D eigenvalue weighted by molar-refractivity contribution is -0.147. The zero-order valence-electron chi connectivity index (χ0n) is 17.0. The second kappa shape index (κ2) is 9.70. The molecule has 1 atom stereocenters. The molecule has 0 bridgehead atoms. The Labute approximate surface area is 185 Å². The summed E-state index contributed by atoms with van der Waals surface area (Å²) < 4.78 is 9.80. The van der Waals surface area contributed by atoms with Crippen molar-refractivity contribution in [3.05, 3.63) is 47.3 Å². The minimum Gasteiger partial charge on any atom is -0.468 e. The van der Waals surface area contributed by atoms with Gasteiger partial charge in [0.2, 0.25) is 5.95 Å². The highest BCUT2D eigenvalue weighted by Crippen LogP contribution is 2.34. The number of methoxy groups -OCH3 is 2. The first kappa shape index (κ1) is 24.0. The molecule has 32 heavy (non-hydrogen) atoms. The van der Waals surface area contributed by atoms with E-state index in [9.17, 15) is 9.59 Å². The van der Waals surface area contributed by atoms with E-state index in [1.807, 2.05) is 0 Å². The fourth-order valence-corrected chi connectivity index (χ4v) is 3.32. The lowest BCUT2D eigenvalue weighted by atomic mass is 9.74. The van der Waals surface area contributed by atoms with Crippen molar-refractivity contribution in [1.82, 2.24) is 19.9 Å². The molecular formula is C22H24N6O4. The SMILES string of the molecule is C.C#CCC(Cc1cnc2nc(N)nc(N)c2n1)(C(=O)OC)c1ccc(C(=O)OC)cc1. The van der Waals surface area contributed by atoms with Crippen LogP contribution in [0.25, 0.3) is 11.2 Å². The number of esters is 2. The first-order valence-corrected chi connectivity index (χ1v) is 9.10. The van der Waals surface area contributed by atoms with Gasteiger partial charge in [0.05, 0.1) is 31.7 Å². The molecule has 0 aliphatic carbocycles. The number of ether oxygens (including phenoxy) is 2. The van der Waals surface area contributed by atoms with Crippen LogP contribution in [0.4, 0.5) is 11.8 Å². The molecule has 0 saturated heterocycles. The molecule has 1 aromatic carbocycles. The molecule has 0 aliphatic heterocycles. The number of hydrogen-bond donors (Lipinski definition) is 2. The van der Waals surface area contributed by atoms with Crippen molar-refractivity contribution in [1.29, 1.82) is 0 Å². The molecule has 0 saturated carbocycles. The molecule has 2 heterocycles. The van der Waals surface area contributed by atoms with Crippen LogP contribution in [0.3, 0.4) is 0 Å². The van der Waals surface area contributed by atoms with Gasteiger partial charge in [-0.3, -0.25) is 4.79 Å². The summed E-state index contributed by atoms with van der Waals surface area (Å²) >= 11 is 0. The number of nitrogens with two attached hydrogens (primary N) is 2. The van der Waals surface area contributed by atoms with E-state index in [2.05, 4.69) is 25.9 Å². The summed E-state index contributed by atoms with van der Waals surface area (Å²) in [6, 6.07) is 6.37. The average Bonchev–Trinajstić information content (AvgIpc) is 2.78. The minimum atomic E-state index is -1.27. The van der Waals surface area contributed by atoms with Gasteiger partial charge in [-0.2, -0.15) is 9.97 Å².